The van der Waals surface area contributed by atoms with Crippen molar-refractivity contribution in [2.75, 3.05) is 18.0 Å². The molecule has 1 saturated carbocycles. The van der Waals surface area contributed by atoms with Crippen molar-refractivity contribution in [2.24, 2.45) is 5.41 Å². The van der Waals surface area contributed by atoms with Crippen LogP contribution in [-0.2, 0) is 0 Å². The molecule has 0 N–H and O–H groups in total. The number of rotatable bonds is 2. The van der Waals surface area contributed by atoms with E-state index in [2.05, 4.69) is 9.88 Å². The molecule has 1 aliphatic heterocycles. The Morgan fingerprint density at radius 2 is 2.22 bits per heavy atom. The van der Waals surface area contributed by atoms with Crippen LogP contribution in [0.5, 0.6) is 0 Å². The van der Waals surface area contributed by atoms with Crippen molar-refractivity contribution < 1.29 is 4.92 Å². The quantitative estimate of drug-likeness (QED) is 0.595. The molecule has 18 heavy (non-hydrogen) atoms. The second-order valence-corrected chi connectivity index (χ2v) is 5.62. The molecule has 5 nitrogen and oxygen atoms in total. The van der Waals surface area contributed by atoms with Gasteiger partial charge in [0.2, 0.25) is 0 Å². The van der Waals surface area contributed by atoms with Crippen LogP contribution in [0.15, 0.2) is 12.3 Å². The summed E-state index contributed by atoms with van der Waals surface area (Å²) in [7, 11) is 0. The van der Waals surface area contributed by atoms with Gasteiger partial charge < -0.3 is 4.90 Å². The van der Waals surface area contributed by atoms with E-state index >= 15 is 0 Å². The van der Waals surface area contributed by atoms with E-state index in [-0.39, 0.29) is 10.6 Å². The molecule has 2 aliphatic rings. The highest BCUT2D eigenvalue weighted by atomic mass is 16.6. The zero-order valence-corrected chi connectivity index (χ0v) is 10.6. The molecule has 0 unspecified atom stereocenters. The number of aryl methyl sites for hydroxylation is 1. The normalized spacial score (nSPS) is 21.1. The highest BCUT2D eigenvalue weighted by Gasteiger charge is 2.45. The van der Waals surface area contributed by atoms with Crippen molar-refractivity contribution in [3.8, 4) is 0 Å². The van der Waals surface area contributed by atoms with Crippen LogP contribution in [-0.4, -0.2) is 23.0 Å². The van der Waals surface area contributed by atoms with Crippen LogP contribution in [0.4, 0.5) is 11.5 Å². The number of anilines is 1. The third-order valence-corrected chi connectivity index (χ3v) is 4.17. The van der Waals surface area contributed by atoms with Gasteiger partial charge in [-0.1, -0.05) is 0 Å². The van der Waals surface area contributed by atoms with Crippen LogP contribution < -0.4 is 4.90 Å². The Hall–Kier alpha value is -1.65. The first kappa shape index (κ1) is 11.4. The first-order valence-electron chi connectivity index (χ1n) is 6.46. The van der Waals surface area contributed by atoms with Crippen LogP contribution in [0.3, 0.4) is 0 Å². The minimum atomic E-state index is -0.387. The summed E-state index contributed by atoms with van der Waals surface area (Å²) in [5.41, 5.74) is 1.52. The van der Waals surface area contributed by atoms with Crippen molar-refractivity contribution in [1.82, 2.24) is 4.98 Å². The first-order chi connectivity index (χ1) is 8.60. The summed E-state index contributed by atoms with van der Waals surface area (Å²) in [6.45, 7) is 4.00. The number of hydrogen-bond acceptors (Lipinski definition) is 4. The molecule has 96 valence electrons. The zero-order chi connectivity index (χ0) is 12.8. The highest BCUT2D eigenvalue weighted by Crippen LogP contribution is 2.52. The fourth-order valence-corrected chi connectivity index (χ4v) is 2.96. The summed E-state index contributed by atoms with van der Waals surface area (Å²) in [5.74, 6) is 0.923. The zero-order valence-electron chi connectivity index (χ0n) is 10.6. The standard InChI is InChI=1S/C13H17N3O2/c1-10-7-11(16(17)18)8-14-12(10)15-6-2-3-13(9-15)4-5-13/h7-8H,2-6,9H2,1H3. The Morgan fingerprint density at radius 3 is 2.83 bits per heavy atom. The number of nitrogens with zero attached hydrogens (tertiary/aromatic N) is 3. The van der Waals surface area contributed by atoms with Crippen molar-refractivity contribution in [1.29, 1.82) is 0 Å². The van der Waals surface area contributed by atoms with Crippen LogP contribution in [0, 0.1) is 22.5 Å². The minimum Gasteiger partial charge on any atom is -0.356 e. The van der Waals surface area contributed by atoms with Gasteiger partial charge >= 0.3 is 0 Å². The third-order valence-electron chi connectivity index (χ3n) is 4.17. The van der Waals surface area contributed by atoms with Gasteiger partial charge in [-0.25, -0.2) is 4.98 Å². The van der Waals surface area contributed by atoms with E-state index in [0.717, 1.165) is 24.5 Å². The van der Waals surface area contributed by atoms with Crippen LogP contribution in [0.2, 0.25) is 0 Å². The average Bonchev–Trinajstić information content (AvgIpc) is 3.08. The summed E-state index contributed by atoms with van der Waals surface area (Å²) < 4.78 is 0. The van der Waals surface area contributed by atoms with Gasteiger partial charge in [-0.05, 0) is 43.6 Å². The molecular formula is C13H17N3O2. The van der Waals surface area contributed by atoms with Gasteiger partial charge in [0.1, 0.15) is 12.0 Å². The summed E-state index contributed by atoms with van der Waals surface area (Å²) in [5, 5.41) is 10.7. The van der Waals surface area contributed by atoms with Crippen LogP contribution in [0.25, 0.3) is 0 Å². The Morgan fingerprint density at radius 1 is 1.44 bits per heavy atom. The van der Waals surface area contributed by atoms with E-state index in [4.69, 9.17) is 0 Å². The van der Waals surface area contributed by atoms with Crippen molar-refractivity contribution >= 4 is 11.5 Å². The summed E-state index contributed by atoms with van der Waals surface area (Å²) in [6.07, 6.45) is 6.56. The number of nitro groups is 1. The number of aromatic nitrogens is 1. The van der Waals surface area contributed by atoms with E-state index in [1.807, 2.05) is 6.92 Å². The average molecular weight is 247 g/mol. The first-order valence-corrected chi connectivity index (χ1v) is 6.46. The molecule has 3 rings (SSSR count). The molecule has 0 radical (unpaired) electrons. The summed E-state index contributed by atoms with van der Waals surface area (Å²) in [6, 6.07) is 1.62. The number of piperidine rings is 1. The molecule has 1 spiro atoms. The molecule has 2 heterocycles. The summed E-state index contributed by atoms with van der Waals surface area (Å²) in [4.78, 5) is 16.9. The molecule has 1 aromatic rings. The fourth-order valence-electron chi connectivity index (χ4n) is 2.96. The lowest BCUT2D eigenvalue weighted by molar-refractivity contribution is -0.385. The van der Waals surface area contributed by atoms with E-state index in [1.54, 1.807) is 6.07 Å². The summed E-state index contributed by atoms with van der Waals surface area (Å²) >= 11 is 0. The Bertz CT molecular complexity index is 497. The topological polar surface area (TPSA) is 59.3 Å². The van der Waals surface area contributed by atoms with E-state index in [1.165, 1.54) is 31.9 Å². The lowest BCUT2D eigenvalue weighted by atomic mass is 9.95. The second kappa shape index (κ2) is 3.93. The maximum Gasteiger partial charge on any atom is 0.287 e. The van der Waals surface area contributed by atoms with Crippen LogP contribution >= 0.6 is 0 Å². The molecule has 5 heteroatoms. The SMILES string of the molecule is Cc1cc([N+](=O)[O-])cnc1N1CCCC2(CC2)C1. The fraction of sp³-hybridized carbons (Fsp3) is 0.615. The monoisotopic (exact) mass is 247 g/mol. The molecule has 0 bridgehead atoms. The largest absolute Gasteiger partial charge is 0.356 e. The van der Waals surface area contributed by atoms with Gasteiger partial charge in [-0.3, -0.25) is 10.1 Å². The number of hydrogen-bond donors (Lipinski definition) is 0. The predicted molar refractivity (Wildman–Crippen MR) is 68.7 cm³/mol. The molecular weight excluding hydrogens is 230 g/mol. The predicted octanol–water partition coefficient (Wildman–Crippen LogP) is 2.68. The lowest BCUT2D eigenvalue weighted by Crippen LogP contribution is -2.37. The lowest BCUT2D eigenvalue weighted by Gasteiger charge is -2.34. The Labute approximate surface area is 106 Å². The Kier molecular flexibility index (Phi) is 2.50. The van der Waals surface area contributed by atoms with Crippen molar-refractivity contribution in [3.05, 3.63) is 27.9 Å². The molecule has 0 aromatic carbocycles. The molecule has 1 aromatic heterocycles. The van der Waals surface area contributed by atoms with E-state index in [9.17, 15) is 10.1 Å². The smallest absolute Gasteiger partial charge is 0.287 e. The van der Waals surface area contributed by atoms with Gasteiger partial charge in [-0.2, -0.15) is 0 Å². The molecule has 0 amide bonds. The Balaban J connectivity index is 1.85. The van der Waals surface area contributed by atoms with Crippen molar-refractivity contribution in [2.45, 2.75) is 32.6 Å². The highest BCUT2D eigenvalue weighted by molar-refractivity contribution is 5.51. The van der Waals surface area contributed by atoms with Crippen LogP contribution in [0.1, 0.15) is 31.2 Å². The molecule has 1 aliphatic carbocycles. The maximum absolute atomic E-state index is 10.7. The third kappa shape index (κ3) is 1.94. The minimum absolute atomic E-state index is 0.0781. The van der Waals surface area contributed by atoms with E-state index in [0.29, 0.717) is 5.41 Å². The maximum atomic E-state index is 10.7. The second-order valence-electron chi connectivity index (χ2n) is 5.62. The van der Waals surface area contributed by atoms with Gasteiger partial charge in [0.25, 0.3) is 5.69 Å². The molecule has 2 fully saturated rings. The van der Waals surface area contributed by atoms with E-state index < -0.39 is 0 Å². The van der Waals surface area contributed by atoms with Crippen molar-refractivity contribution in [3.63, 3.8) is 0 Å². The van der Waals surface area contributed by atoms with Gasteiger partial charge in [0.15, 0.2) is 0 Å². The van der Waals surface area contributed by atoms with Gasteiger partial charge in [0.05, 0.1) is 4.92 Å². The molecule has 1 saturated heterocycles. The molecule has 0 atom stereocenters. The number of pyridine rings is 1. The van der Waals surface area contributed by atoms with Gasteiger partial charge in [-0.15, -0.1) is 0 Å². The van der Waals surface area contributed by atoms with Gasteiger partial charge in [0, 0.05) is 19.2 Å².